The predicted octanol–water partition coefficient (Wildman–Crippen LogP) is 2.70. The zero-order valence-electron chi connectivity index (χ0n) is 14.7. The summed E-state index contributed by atoms with van der Waals surface area (Å²) >= 11 is 0.917. The molecule has 0 radical (unpaired) electrons. The molecule has 2 rings (SSSR count). The number of carbonyl (C=O) groups is 3. The molecular formula is C16H16F3N3O6S. The smallest absolute Gasteiger partial charge is 0.475 e. The summed E-state index contributed by atoms with van der Waals surface area (Å²) in [5.74, 6) is -3.06. The number of nitrogens with zero attached hydrogens (tertiary/aromatic N) is 2. The number of nitrogens with two attached hydrogens (primary N) is 1. The van der Waals surface area contributed by atoms with Crippen molar-refractivity contribution in [3.63, 3.8) is 0 Å². The molecule has 0 bridgehead atoms. The lowest BCUT2D eigenvalue weighted by molar-refractivity contribution is -0.384. The molecular weight excluding hydrogens is 419 g/mol. The fraction of sp³-hybridized carbons (Fsp3) is 0.312. The second kappa shape index (κ2) is 10.6. The van der Waals surface area contributed by atoms with Crippen LogP contribution in [0.3, 0.4) is 0 Å². The number of amides is 2. The highest BCUT2D eigenvalue weighted by Gasteiger charge is 2.38. The Hall–Kier alpha value is -2.93. The molecule has 0 atom stereocenters. The number of thioether (sulfide) groups is 1. The van der Waals surface area contributed by atoms with Crippen molar-refractivity contribution < 1.29 is 37.6 Å². The van der Waals surface area contributed by atoms with Crippen LogP contribution in [0.25, 0.3) is 0 Å². The van der Waals surface area contributed by atoms with Gasteiger partial charge in [0.05, 0.1) is 9.83 Å². The molecule has 2 amide bonds. The first-order chi connectivity index (χ1) is 13.5. The molecule has 0 aromatic heterocycles. The average Bonchev–Trinajstić information content (AvgIpc) is 2.90. The number of alkyl halides is 3. The van der Waals surface area contributed by atoms with Crippen LogP contribution in [0, 0.1) is 10.1 Å². The highest BCUT2D eigenvalue weighted by molar-refractivity contribution is 8.18. The number of halogens is 3. The number of nitro benzene ring substituents is 1. The van der Waals surface area contributed by atoms with Crippen molar-refractivity contribution in [3.05, 3.63) is 50.9 Å². The van der Waals surface area contributed by atoms with E-state index in [2.05, 4.69) is 0 Å². The molecule has 0 saturated carbocycles. The maximum Gasteiger partial charge on any atom is 0.490 e. The van der Waals surface area contributed by atoms with Crippen LogP contribution in [0.1, 0.15) is 12.0 Å². The highest BCUT2D eigenvalue weighted by Crippen LogP contribution is 2.30. The average molecular weight is 435 g/mol. The Morgan fingerprint density at radius 2 is 1.83 bits per heavy atom. The van der Waals surface area contributed by atoms with Crippen LogP contribution in [0.4, 0.5) is 23.7 Å². The van der Waals surface area contributed by atoms with Gasteiger partial charge in [-0.05, 0) is 30.2 Å². The lowest BCUT2D eigenvalue weighted by atomic mass is 10.1. The van der Waals surface area contributed by atoms with E-state index in [1.54, 1.807) is 18.2 Å². The third-order valence-corrected chi connectivity index (χ3v) is 4.33. The number of carboxylic acid groups (broad SMARTS) is 1. The monoisotopic (exact) mass is 435 g/mol. The van der Waals surface area contributed by atoms with Gasteiger partial charge in [0.1, 0.15) is 0 Å². The Kier molecular flexibility index (Phi) is 8.79. The van der Waals surface area contributed by atoms with Crippen molar-refractivity contribution >= 4 is 34.6 Å². The molecule has 0 spiro atoms. The first-order valence-corrected chi connectivity index (χ1v) is 8.76. The van der Waals surface area contributed by atoms with Crippen LogP contribution in [0.5, 0.6) is 0 Å². The number of allylic oxidation sites excluding steroid dienone is 1. The molecule has 158 valence electrons. The standard InChI is InChI=1S/C14H15N3O4S.C2HF3O2/c15-8-9-16-13(18)12(22-14(16)19)3-1-2-10-4-6-11(7-5-10)17(20)21;3-2(4,5)1(6)7/h3-7H,1-2,8-9,15H2;(H,6,7)/b12-3-;. The summed E-state index contributed by atoms with van der Waals surface area (Å²) in [4.78, 5) is 44.1. The van der Waals surface area contributed by atoms with Gasteiger partial charge in [0.25, 0.3) is 16.8 Å². The Bertz CT molecular complexity index is 811. The fourth-order valence-corrected chi connectivity index (χ4v) is 2.89. The molecule has 1 aliphatic heterocycles. The number of hydrogen-bond acceptors (Lipinski definition) is 7. The van der Waals surface area contributed by atoms with E-state index in [0.29, 0.717) is 17.7 Å². The van der Waals surface area contributed by atoms with Gasteiger partial charge in [0, 0.05) is 25.2 Å². The van der Waals surface area contributed by atoms with Gasteiger partial charge in [0.2, 0.25) is 0 Å². The van der Waals surface area contributed by atoms with Crippen LogP contribution >= 0.6 is 11.8 Å². The number of non-ortho nitro benzene ring substituents is 1. The summed E-state index contributed by atoms with van der Waals surface area (Å²) in [5, 5.41) is 17.4. The van der Waals surface area contributed by atoms with E-state index in [9.17, 15) is 32.9 Å². The van der Waals surface area contributed by atoms with Crippen LogP contribution in [-0.2, 0) is 16.0 Å². The summed E-state index contributed by atoms with van der Waals surface area (Å²) in [5.41, 5.74) is 6.35. The number of benzene rings is 1. The van der Waals surface area contributed by atoms with Gasteiger partial charge in [0.15, 0.2) is 0 Å². The molecule has 0 unspecified atom stereocenters. The van der Waals surface area contributed by atoms with E-state index < -0.39 is 17.1 Å². The number of imide groups is 1. The van der Waals surface area contributed by atoms with E-state index in [0.717, 1.165) is 22.2 Å². The lowest BCUT2D eigenvalue weighted by Crippen LogP contribution is -2.33. The summed E-state index contributed by atoms with van der Waals surface area (Å²) in [6.07, 6.45) is -2.14. The number of aliphatic carboxylic acids is 1. The van der Waals surface area contributed by atoms with Gasteiger partial charge < -0.3 is 10.8 Å². The normalized spacial score (nSPS) is 15.3. The van der Waals surface area contributed by atoms with Gasteiger partial charge in [-0.25, -0.2) is 4.79 Å². The summed E-state index contributed by atoms with van der Waals surface area (Å²) < 4.78 is 31.7. The minimum absolute atomic E-state index is 0.0478. The minimum atomic E-state index is -5.08. The first kappa shape index (κ1) is 24.1. The number of hydrogen-bond donors (Lipinski definition) is 2. The van der Waals surface area contributed by atoms with E-state index in [-0.39, 0.29) is 29.9 Å². The van der Waals surface area contributed by atoms with Crippen molar-refractivity contribution in [2.24, 2.45) is 5.73 Å². The van der Waals surface area contributed by atoms with Crippen molar-refractivity contribution in [2.45, 2.75) is 19.0 Å². The zero-order valence-corrected chi connectivity index (χ0v) is 15.5. The van der Waals surface area contributed by atoms with E-state index in [1.165, 1.54) is 12.1 Å². The molecule has 1 fully saturated rings. The van der Waals surface area contributed by atoms with Crippen molar-refractivity contribution in [1.82, 2.24) is 4.90 Å². The number of carboxylic acids is 1. The summed E-state index contributed by atoms with van der Waals surface area (Å²) in [6, 6.07) is 6.27. The molecule has 13 heteroatoms. The topological polar surface area (TPSA) is 144 Å². The van der Waals surface area contributed by atoms with Crippen molar-refractivity contribution in [2.75, 3.05) is 13.1 Å². The Morgan fingerprint density at radius 3 is 2.28 bits per heavy atom. The third kappa shape index (κ3) is 7.54. The highest BCUT2D eigenvalue weighted by atomic mass is 32.2. The first-order valence-electron chi connectivity index (χ1n) is 7.94. The molecule has 0 aliphatic carbocycles. The zero-order chi connectivity index (χ0) is 22.2. The molecule has 29 heavy (non-hydrogen) atoms. The molecule has 1 aliphatic rings. The number of nitro groups is 1. The Labute approximate surface area is 166 Å². The maximum atomic E-state index is 12.0. The van der Waals surface area contributed by atoms with Crippen LogP contribution in [-0.4, -0.2) is 51.3 Å². The summed E-state index contributed by atoms with van der Waals surface area (Å²) in [6.45, 7) is 0.471. The van der Waals surface area contributed by atoms with Gasteiger partial charge in [-0.2, -0.15) is 13.2 Å². The predicted molar refractivity (Wildman–Crippen MR) is 96.9 cm³/mol. The molecule has 1 aromatic carbocycles. The summed E-state index contributed by atoms with van der Waals surface area (Å²) in [7, 11) is 0. The second-order valence-corrected chi connectivity index (χ2v) is 6.44. The number of rotatable bonds is 6. The van der Waals surface area contributed by atoms with Gasteiger partial charge in [-0.3, -0.25) is 24.6 Å². The maximum absolute atomic E-state index is 12.0. The SMILES string of the molecule is NCCN1C(=O)S/C(=C\CCc2ccc([N+](=O)[O-])cc2)C1=O.O=C(O)C(F)(F)F. The van der Waals surface area contributed by atoms with Crippen molar-refractivity contribution in [3.8, 4) is 0 Å². The van der Waals surface area contributed by atoms with Gasteiger partial charge in [-0.1, -0.05) is 18.2 Å². The fourth-order valence-electron chi connectivity index (χ4n) is 2.01. The van der Waals surface area contributed by atoms with Gasteiger partial charge in [-0.15, -0.1) is 0 Å². The van der Waals surface area contributed by atoms with E-state index >= 15 is 0 Å². The van der Waals surface area contributed by atoms with Crippen molar-refractivity contribution in [1.29, 1.82) is 0 Å². The molecule has 9 nitrogen and oxygen atoms in total. The lowest BCUT2D eigenvalue weighted by Gasteiger charge is -2.09. The van der Waals surface area contributed by atoms with Gasteiger partial charge >= 0.3 is 12.1 Å². The largest absolute Gasteiger partial charge is 0.490 e. The van der Waals surface area contributed by atoms with Crippen LogP contribution in [0.2, 0.25) is 0 Å². The molecule has 3 N–H and O–H groups in total. The molecule has 1 heterocycles. The Morgan fingerprint density at radius 1 is 1.28 bits per heavy atom. The van der Waals surface area contributed by atoms with Crippen LogP contribution < -0.4 is 5.73 Å². The molecule has 1 aromatic rings. The van der Waals surface area contributed by atoms with E-state index in [1.807, 2.05) is 0 Å². The Balaban J connectivity index is 0.000000516. The quantitative estimate of drug-likeness (QED) is 0.394. The van der Waals surface area contributed by atoms with Crippen LogP contribution in [0.15, 0.2) is 35.2 Å². The number of aryl methyl sites for hydroxylation is 1. The number of carbonyl (C=O) groups excluding carboxylic acids is 2. The second-order valence-electron chi connectivity index (χ2n) is 5.45. The third-order valence-electron chi connectivity index (χ3n) is 3.38. The molecule has 1 saturated heterocycles. The van der Waals surface area contributed by atoms with E-state index in [4.69, 9.17) is 15.6 Å². The minimum Gasteiger partial charge on any atom is -0.475 e.